The molecule has 0 aliphatic carbocycles. The molecule has 0 unspecified atom stereocenters. The highest BCUT2D eigenvalue weighted by Gasteiger charge is 2.15. The largest absolute Gasteiger partial charge is 0.358 e. The average Bonchev–Trinajstić information content (AvgIpc) is 2.90. The minimum atomic E-state index is 0.665. The fourth-order valence-corrected chi connectivity index (χ4v) is 2.67. The van der Waals surface area contributed by atoms with Crippen LogP contribution in [-0.2, 0) is 0 Å². The van der Waals surface area contributed by atoms with Crippen LogP contribution in [0.1, 0.15) is 10.6 Å². The van der Waals surface area contributed by atoms with Gasteiger partial charge in [-0.15, -0.1) is 11.3 Å². The molecule has 0 aliphatic rings. The van der Waals surface area contributed by atoms with Gasteiger partial charge < -0.3 is 4.98 Å². The molecule has 0 atom stereocenters. The van der Waals surface area contributed by atoms with Gasteiger partial charge in [-0.25, -0.2) is 4.98 Å². The van der Waals surface area contributed by atoms with E-state index in [1.807, 2.05) is 25.1 Å². The van der Waals surface area contributed by atoms with E-state index in [2.05, 4.69) is 22.1 Å². The molecule has 0 aliphatic heterocycles. The minimum Gasteiger partial charge on any atom is -0.358 e. The molecule has 2 aromatic heterocycles. The molecular formula is C13H9N3S. The van der Waals surface area contributed by atoms with Gasteiger partial charge in [-0.05, 0) is 13.0 Å². The number of aromatic amines is 1. The maximum atomic E-state index is 9.08. The third-order valence-corrected chi connectivity index (χ3v) is 3.53. The van der Waals surface area contributed by atoms with Gasteiger partial charge in [-0.2, -0.15) is 5.26 Å². The highest BCUT2D eigenvalue weighted by molar-refractivity contribution is 7.10. The second-order valence-corrected chi connectivity index (χ2v) is 4.67. The Balaban J connectivity index is 2.38. The van der Waals surface area contributed by atoms with Gasteiger partial charge in [0.2, 0.25) is 0 Å². The molecule has 0 fully saturated rings. The predicted molar refractivity (Wildman–Crippen MR) is 68.9 cm³/mol. The number of nitriles is 1. The zero-order valence-corrected chi connectivity index (χ0v) is 10.0. The number of H-pyrrole nitrogens is 1. The lowest BCUT2D eigenvalue weighted by molar-refractivity contribution is 1.28. The lowest BCUT2D eigenvalue weighted by Crippen LogP contribution is -1.82. The highest BCUT2D eigenvalue weighted by atomic mass is 32.1. The normalized spacial score (nSPS) is 10.6. The van der Waals surface area contributed by atoms with Gasteiger partial charge in [-0.3, -0.25) is 0 Å². The van der Waals surface area contributed by atoms with E-state index in [9.17, 15) is 0 Å². The first-order valence-electron chi connectivity index (χ1n) is 5.22. The van der Waals surface area contributed by atoms with Crippen molar-refractivity contribution in [2.24, 2.45) is 0 Å². The van der Waals surface area contributed by atoms with Crippen molar-refractivity contribution in [3.63, 3.8) is 0 Å². The molecule has 82 valence electrons. The summed E-state index contributed by atoms with van der Waals surface area (Å²) in [6, 6.07) is 10.3. The van der Waals surface area contributed by atoms with E-state index in [0.717, 1.165) is 27.9 Å². The number of aryl methyl sites for hydroxylation is 1. The number of aromatic nitrogens is 2. The van der Waals surface area contributed by atoms with Gasteiger partial charge in [0.25, 0.3) is 0 Å². The highest BCUT2D eigenvalue weighted by Crippen LogP contribution is 2.34. The summed E-state index contributed by atoms with van der Waals surface area (Å²) >= 11 is 1.38. The summed E-state index contributed by atoms with van der Waals surface area (Å²) in [4.78, 5) is 8.30. The molecule has 0 saturated heterocycles. The number of benzene rings is 1. The van der Waals surface area contributed by atoms with Crippen LogP contribution in [0.5, 0.6) is 0 Å². The number of nitrogens with one attached hydrogen (secondary N) is 1. The first kappa shape index (κ1) is 10.1. The monoisotopic (exact) mass is 239 g/mol. The Kier molecular flexibility index (Phi) is 2.20. The molecule has 17 heavy (non-hydrogen) atoms. The van der Waals surface area contributed by atoms with Crippen LogP contribution in [0.2, 0.25) is 0 Å². The fourth-order valence-electron chi connectivity index (χ4n) is 2.09. The van der Waals surface area contributed by atoms with Gasteiger partial charge in [0.15, 0.2) is 0 Å². The Bertz CT molecular complexity index is 731. The van der Waals surface area contributed by atoms with Crippen molar-refractivity contribution in [2.45, 2.75) is 6.92 Å². The van der Waals surface area contributed by atoms with E-state index in [1.54, 1.807) is 5.51 Å². The Labute approximate surface area is 102 Å². The number of para-hydroxylation sites is 1. The van der Waals surface area contributed by atoms with Crippen LogP contribution < -0.4 is 0 Å². The lowest BCUT2D eigenvalue weighted by atomic mass is 10.1. The Morgan fingerprint density at radius 1 is 1.35 bits per heavy atom. The van der Waals surface area contributed by atoms with Crippen molar-refractivity contribution in [3.8, 4) is 17.3 Å². The van der Waals surface area contributed by atoms with E-state index in [4.69, 9.17) is 5.26 Å². The second-order valence-electron chi connectivity index (χ2n) is 3.81. The topological polar surface area (TPSA) is 52.5 Å². The predicted octanol–water partition coefficient (Wildman–Crippen LogP) is 3.47. The zero-order chi connectivity index (χ0) is 11.8. The number of hydrogen-bond acceptors (Lipinski definition) is 3. The van der Waals surface area contributed by atoms with E-state index in [0.29, 0.717) is 4.88 Å². The Morgan fingerprint density at radius 2 is 2.18 bits per heavy atom. The van der Waals surface area contributed by atoms with Gasteiger partial charge in [0.05, 0.1) is 5.51 Å². The molecule has 0 saturated carbocycles. The van der Waals surface area contributed by atoms with Crippen LogP contribution in [-0.4, -0.2) is 9.97 Å². The number of rotatable bonds is 1. The summed E-state index contributed by atoms with van der Waals surface area (Å²) in [5, 5.41) is 10.2. The van der Waals surface area contributed by atoms with Crippen LogP contribution in [0.3, 0.4) is 0 Å². The first-order valence-corrected chi connectivity index (χ1v) is 6.10. The van der Waals surface area contributed by atoms with Crippen molar-refractivity contribution in [2.75, 3.05) is 0 Å². The fraction of sp³-hybridized carbons (Fsp3) is 0.0769. The summed E-state index contributed by atoms with van der Waals surface area (Å²) in [6.45, 7) is 2.01. The van der Waals surface area contributed by atoms with Crippen LogP contribution in [0.15, 0.2) is 29.8 Å². The SMILES string of the molecule is Cc1[nH]c2ccccc2c1-c1ncsc1C#N. The molecular weight excluding hydrogens is 230 g/mol. The number of nitrogens with zero attached hydrogens (tertiary/aromatic N) is 2. The van der Waals surface area contributed by atoms with E-state index in [1.165, 1.54) is 11.3 Å². The summed E-state index contributed by atoms with van der Waals surface area (Å²) in [7, 11) is 0. The summed E-state index contributed by atoms with van der Waals surface area (Å²) < 4.78 is 0. The smallest absolute Gasteiger partial charge is 0.132 e. The summed E-state index contributed by atoms with van der Waals surface area (Å²) in [6.07, 6.45) is 0. The third kappa shape index (κ3) is 1.44. The quantitative estimate of drug-likeness (QED) is 0.707. The van der Waals surface area contributed by atoms with E-state index >= 15 is 0 Å². The molecule has 0 bridgehead atoms. The Hall–Kier alpha value is -2.12. The second kappa shape index (κ2) is 3.72. The minimum absolute atomic E-state index is 0.665. The number of thiazole rings is 1. The van der Waals surface area contributed by atoms with Crippen molar-refractivity contribution < 1.29 is 0 Å². The van der Waals surface area contributed by atoms with E-state index in [-0.39, 0.29) is 0 Å². The molecule has 1 N–H and O–H groups in total. The molecule has 3 nitrogen and oxygen atoms in total. The standard InChI is InChI=1S/C13H9N3S/c1-8-12(13-11(6-14)17-7-15-13)9-4-2-3-5-10(9)16-8/h2-5,7,16H,1H3. The first-order chi connectivity index (χ1) is 8.31. The molecule has 3 aromatic rings. The lowest BCUT2D eigenvalue weighted by Gasteiger charge is -1.97. The maximum absolute atomic E-state index is 9.08. The summed E-state index contributed by atoms with van der Waals surface area (Å²) in [5.41, 5.74) is 5.67. The maximum Gasteiger partial charge on any atom is 0.132 e. The van der Waals surface area contributed by atoms with Gasteiger partial charge in [0, 0.05) is 22.2 Å². The molecule has 4 heteroatoms. The molecule has 0 radical (unpaired) electrons. The van der Waals surface area contributed by atoms with Crippen molar-refractivity contribution in [3.05, 3.63) is 40.3 Å². The van der Waals surface area contributed by atoms with E-state index < -0.39 is 0 Å². The third-order valence-electron chi connectivity index (χ3n) is 2.80. The number of hydrogen-bond donors (Lipinski definition) is 1. The van der Waals surface area contributed by atoms with Gasteiger partial charge in [0.1, 0.15) is 16.6 Å². The van der Waals surface area contributed by atoms with Crippen molar-refractivity contribution in [1.82, 2.24) is 9.97 Å². The summed E-state index contributed by atoms with van der Waals surface area (Å²) in [5.74, 6) is 0. The zero-order valence-electron chi connectivity index (χ0n) is 9.19. The molecule has 0 amide bonds. The van der Waals surface area contributed by atoms with Crippen LogP contribution in [0.4, 0.5) is 0 Å². The average molecular weight is 239 g/mol. The molecule has 2 heterocycles. The molecule has 3 rings (SSSR count). The van der Waals surface area contributed by atoms with Crippen LogP contribution in [0, 0.1) is 18.3 Å². The van der Waals surface area contributed by atoms with Crippen molar-refractivity contribution >= 4 is 22.2 Å². The van der Waals surface area contributed by atoms with Gasteiger partial charge in [-0.1, -0.05) is 18.2 Å². The van der Waals surface area contributed by atoms with Crippen LogP contribution in [0.25, 0.3) is 22.2 Å². The van der Waals surface area contributed by atoms with Crippen molar-refractivity contribution in [1.29, 1.82) is 5.26 Å². The number of fused-ring (bicyclic) bond motifs is 1. The molecule has 1 aromatic carbocycles. The molecule has 0 spiro atoms. The Morgan fingerprint density at radius 3 is 3.00 bits per heavy atom. The van der Waals surface area contributed by atoms with Crippen LogP contribution >= 0.6 is 11.3 Å². The van der Waals surface area contributed by atoms with Gasteiger partial charge >= 0.3 is 0 Å².